The zero-order chi connectivity index (χ0) is 21.5. The van der Waals surface area contributed by atoms with E-state index in [0.29, 0.717) is 27.5 Å². The maximum absolute atomic E-state index is 11.4. The molecule has 0 spiro atoms. The highest BCUT2D eigenvalue weighted by molar-refractivity contribution is 6.31. The number of imidazole rings is 1. The first kappa shape index (κ1) is 19.3. The highest BCUT2D eigenvalue weighted by Gasteiger charge is 2.21. The molecule has 3 heterocycles. The normalized spacial score (nSPS) is 16.2. The number of anilines is 1. The minimum absolute atomic E-state index is 0.148. The van der Waals surface area contributed by atoms with Gasteiger partial charge in [-0.2, -0.15) is 19.6 Å². The Morgan fingerprint density at radius 3 is 2.84 bits per heavy atom. The highest BCUT2D eigenvalue weighted by Crippen LogP contribution is 2.25. The monoisotopic (exact) mass is 438 g/mol. The number of benzene rings is 1. The third kappa shape index (κ3) is 3.89. The maximum atomic E-state index is 11.4. The fourth-order valence-electron chi connectivity index (χ4n) is 3.24. The van der Waals surface area contributed by atoms with Crippen molar-refractivity contribution in [2.45, 2.75) is 31.8 Å². The van der Waals surface area contributed by atoms with Crippen LogP contribution in [0.2, 0.25) is 5.02 Å². The molecule has 31 heavy (non-hydrogen) atoms. The highest BCUT2D eigenvalue weighted by atomic mass is 35.5. The maximum Gasteiger partial charge on any atom is 0.326 e. The molecule has 1 fully saturated rings. The third-order valence-corrected chi connectivity index (χ3v) is 5.32. The number of halogens is 1. The second-order valence-corrected chi connectivity index (χ2v) is 7.82. The van der Waals surface area contributed by atoms with E-state index >= 15 is 0 Å². The van der Waals surface area contributed by atoms with Crippen molar-refractivity contribution >= 4 is 29.3 Å². The summed E-state index contributed by atoms with van der Waals surface area (Å²) in [5, 5.41) is 18.8. The Kier molecular flexibility index (Phi) is 4.70. The molecule has 1 aliphatic carbocycles. The predicted molar refractivity (Wildman–Crippen MR) is 115 cm³/mol. The molecule has 1 unspecified atom stereocenters. The van der Waals surface area contributed by atoms with Gasteiger partial charge in [-0.3, -0.25) is 4.98 Å². The summed E-state index contributed by atoms with van der Waals surface area (Å²) in [6, 6.07) is 7.66. The fourth-order valence-corrected chi connectivity index (χ4v) is 3.54. The molecule has 11 heteroatoms. The van der Waals surface area contributed by atoms with Gasteiger partial charge in [0.25, 0.3) is 5.62 Å². The minimum atomic E-state index is -0.504. The number of H-pyrrole nitrogens is 2. The van der Waals surface area contributed by atoms with Crippen LogP contribution in [-0.4, -0.2) is 40.7 Å². The predicted octanol–water partition coefficient (Wildman–Crippen LogP) is 1.28. The molecular weight excluding hydrogens is 420 g/mol. The second kappa shape index (κ2) is 7.55. The quantitative estimate of drug-likeness (QED) is 0.370. The second-order valence-electron chi connectivity index (χ2n) is 7.42. The lowest BCUT2D eigenvalue weighted by atomic mass is 10.1. The van der Waals surface area contributed by atoms with Crippen molar-refractivity contribution in [2.24, 2.45) is 4.99 Å². The van der Waals surface area contributed by atoms with Crippen molar-refractivity contribution < 1.29 is 5.11 Å². The number of nitrogens with one attached hydrogen (secondary N) is 3. The van der Waals surface area contributed by atoms with E-state index in [4.69, 9.17) is 11.6 Å². The Morgan fingerprint density at radius 2 is 2.13 bits per heavy atom. The molecule has 3 aromatic heterocycles. The zero-order valence-electron chi connectivity index (χ0n) is 16.5. The third-order valence-electron chi connectivity index (χ3n) is 4.98. The zero-order valence-corrected chi connectivity index (χ0v) is 17.3. The van der Waals surface area contributed by atoms with E-state index < -0.39 is 5.69 Å². The molecule has 10 nitrogen and oxygen atoms in total. The number of nitrogens with zero attached hydrogens (tertiary/aromatic N) is 5. The summed E-state index contributed by atoms with van der Waals surface area (Å²) in [4.78, 5) is 30.1. The van der Waals surface area contributed by atoms with Crippen molar-refractivity contribution in [1.82, 2.24) is 29.5 Å². The van der Waals surface area contributed by atoms with E-state index in [9.17, 15) is 9.90 Å². The Hall–Kier alpha value is -3.66. The van der Waals surface area contributed by atoms with Gasteiger partial charge in [-0.1, -0.05) is 29.8 Å². The molecule has 0 saturated heterocycles. The van der Waals surface area contributed by atoms with Gasteiger partial charge in [0.1, 0.15) is 5.69 Å². The Balaban J connectivity index is 1.63. The van der Waals surface area contributed by atoms with Crippen LogP contribution in [0.3, 0.4) is 0 Å². The van der Waals surface area contributed by atoms with Gasteiger partial charge in [-0.05, 0) is 37.5 Å². The largest absolute Gasteiger partial charge is 0.493 e. The summed E-state index contributed by atoms with van der Waals surface area (Å²) in [6.07, 6.45) is 5.21. The molecular formula is C20H19ClN8O2. The van der Waals surface area contributed by atoms with Crippen molar-refractivity contribution in [3.8, 4) is 5.88 Å². The van der Waals surface area contributed by atoms with Crippen LogP contribution in [0.5, 0.6) is 5.88 Å². The SMILES string of the molecule is CC(Nc1nc(=NC2CC2)n2ncc(=Cc3[nH]c(=O)[nH]c3O)c2n1)c1ccccc1Cl. The number of aromatic nitrogens is 6. The van der Waals surface area contributed by atoms with Crippen molar-refractivity contribution in [2.75, 3.05) is 5.32 Å². The number of fused-ring (bicyclic) bond motifs is 1. The van der Waals surface area contributed by atoms with E-state index in [1.165, 1.54) is 0 Å². The molecule has 1 atom stereocenters. The number of rotatable bonds is 5. The van der Waals surface area contributed by atoms with Gasteiger partial charge in [0.15, 0.2) is 5.65 Å². The molecule has 4 N–H and O–H groups in total. The van der Waals surface area contributed by atoms with E-state index in [-0.39, 0.29) is 23.7 Å². The smallest absolute Gasteiger partial charge is 0.326 e. The van der Waals surface area contributed by atoms with Crippen LogP contribution < -0.4 is 21.8 Å². The van der Waals surface area contributed by atoms with E-state index in [2.05, 4.69) is 35.3 Å². The number of hydrogen-bond donors (Lipinski definition) is 4. The topological polar surface area (TPSA) is 136 Å². The summed E-state index contributed by atoms with van der Waals surface area (Å²) in [6.45, 7) is 1.97. The molecule has 0 aliphatic heterocycles. The summed E-state index contributed by atoms with van der Waals surface area (Å²) >= 11 is 6.33. The van der Waals surface area contributed by atoms with Gasteiger partial charge in [0.2, 0.25) is 11.8 Å². The van der Waals surface area contributed by atoms with Crippen LogP contribution in [0, 0.1) is 0 Å². The lowest BCUT2D eigenvalue weighted by Crippen LogP contribution is -2.25. The van der Waals surface area contributed by atoms with Gasteiger partial charge in [-0.25, -0.2) is 9.79 Å². The average molecular weight is 439 g/mol. The summed E-state index contributed by atoms with van der Waals surface area (Å²) < 4.78 is 1.55. The number of aromatic amines is 2. The molecule has 0 radical (unpaired) electrons. The lowest BCUT2D eigenvalue weighted by molar-refractivity contribution is 0.454. The molecule has 1 aromatic carbocycles. The van der Waals surface area contributed by atoms with Crippen LogP contribution in [0.1, 0.15) is 37.1 Å². The summed E-state index contributed by atoms with van der Waals surface area (Å²) in [5.41, 5.74) is 1.58. The average Bonchev–Trinajstić information content (AvgIpc) is 3.37. The van der Waals surface area contributed by atoms with Gasteiger partial charge in [0, 0.05) is 10.2 Å². The van der Waals surface area contributed by atoms with Gasteiger partial charge >= 0.3 is 5.69 Å². The molecule has 1 saturated carbocycles. The summed E-state index contributed by atoms with van der Waals surface area (Å²) in [5.74, 6) is 0.119. The van der Waals surface area contributed by atoms with Gasteiger partial charge < -0.3 is 15.4 Å². The van der Waals surface area contributed by atoms with E-state index in [0.717, 1.165) is 18.4 Å². The lowest BCUT2D eigenvalue weighted by Gasteiger charge is -2.15. The summed E-state index contributed by atoms with van der Waals surface area (Å²) in [7, 11) is 0. The van der Waals surface area contributed by atoms with Crippen LogP contribution in [-0.2, 0) is 0 Å². The van der Waals surface area contributed by atoms with Crippen LogP contribution in [0.15, 0.2) is 40.2 Å². The molecule has 0 amide bonds. The Labute approximate surface area is 180 Å². The van der Waals surface area contributed by atoms with Gasteiger partial charge in [-0.15, -0.1) is 0 Å². The van der Waals surface area contributed by atoms with Crippen LogP contribution in [0.4, 0.5) is 5.95 Å². The van der Waals surface area contributed by atoms with Gasteiger partial charge in [0.05, 0.1) is 18.3 Å². The molecule has 1 aliphatic rings. The van der Waals surface area contributed by atoms with E-state index in [1.807, 2.05) is 31.2 Å². The first-order valence-corrected chi connectivity index (χ1v) is 10.2. The van der Waals surface area contributed by atoms with Crippen molar-refractivity contribution in [1.29, 1.82) is 0 Å². The first-order valence-electron chi connectivity index (χ1n) is 9.81. The van der Waals surface area contributed by atoms with Crippen LogP contribution >= 0.6 is 11.6 Å². The molecule has 5 rings (SSSR count). The molecule has 4 aromatic rings. The van der Waals surface area contributed by atoms with Crippen LogP contribution in [0.25, 0.3) is 11.7 Å². The molecule has 158 valence electrons. The van der Waals surface area contributed by atoms with E-state index in [1.54, 1.807) is 16.8 Å². The minimum Gasteiger partial charge on any atom is -0.493 e. The fraction of sp³-hybridized carbons (Fsp3) is 0.250. The molecule has 0 bridgehead atoms. The number of aromatic hydroxyl groups is 1. The van der Waals surface area contributed by atoms with Crippen molar-refractivity contribution in [3.05, 3.63) is 68.1 Å². The Bertz CT molecular complexity index is 1450. The van der Waals surface area contributed by atoms with Crippen molar-refractivity contribution in [3.63, 3.8) is 0 Å². The first-order chi connectivity index (χ1) is 15.0. The Morgan fingerprint density at radius 1 is 1.32 bits per heavy atom. The number of hydrogen-bond acceptors (Lipinski definition) is 7. The standard InChI is InChI=1S/C20H19ClN8O2/c1-10(13-4-2-3-5-14(13)21)23-18-26-16-11(8-15-17(30)27-20(31)25-15)9-22-29(16)19(28-18)24-12-6-7-12/h2-5,8-10,12,30H,6-7H2,1H3,(H,23,24,28)(H2,25,27,31).